The summed E-state index contributed by atoms with van der Waals surface area (Å²) in [5.74, 6) is -4.69. The molecule has 1 saturated heterocycles. The maximum Gasteiger partial charge on any atom is 0.340 e. The SMILES string of the molecule is OCC1(O)OC1(O)O. The Bertz CT molecular complexity index is 110. The van der Waals surface area contributed by atoms with Gasteiger partial charge in [-0.3, -0.25) is 4.74 Å². The van der Waals surface area contributed by atoms with E-state index in [4.69, 9.17) is 20.4 Å². The van der Waals surface area contributed by atoms with E-state index >= 15 is 0 Å². The summed E-state index contributed by atoms with van der Waals surface area (Å²) < 4.78 is 3.86. The molecule has 8 heavy (non-hydrogen) atoms. The highest BCUT2D eigenvalue weighted by atomic mass is 16.9. The first-order chi connectivity index (χ1) is 3.52. The number of aliphatic hydroxyl groups is 4. The summed E-state index contributed by atoms with van der Waals surface area (Å²) in [6.45, 7) is -0.819. The standard InChI is InChI=1S/C3H6O5/c4-1-2(5)3(6,7)8-2/h4-7H,1H2. The molecule has 0 aromatic carbocycles. The van der Waals surface area contributed by atoms with Gasteiger partial charge in [0.1, 0.15) is 6.61 Å². The molecule has 0 saturated carbocycles. The van der Waals surface area contributed by atoms with Crippen LogP contribution in [0.25, 0.3) is 0 Å². The fraction of sp³-hybridized carbons (Fsp3) is 1.00. The molecule has 0 aromatic heterocycles. The maximum atomic E-state index is 8.49. The molecular formula is C3H6O5. The fourth-order valence-electron chi connectivity index (χ4n) is 0.345. The molecule has 1 heterocycles. The second-order valence-corrected chi connectivity index (χ2v) is 1.65. The zero-order valence-corrected chi connectivity index (χ0v) is 3.90. The van der Waals surface area contributed by atoms with Crippen molar-refractivity contribution in [3.05, 3.63) is 0 Å². The second kappa shape index (κ2) is 1.20. The summed E-state index contributed by atoms with van der Waals surface area (Å²) in [6.07, 6.45) is 0. The Hall–Kier alpha value is -0.200. The minimum Gasteiger partial charge on any atom is -0.390 e. The molecule has 4 N–H and O–H groups in total. The summed E-state index contributed by atoms with van der Waals surface area (Å²) >= 11 is 0. The van der Waals surface area contributed by atoms with Crippen LogP contribution in [0.3, 0.4) is 0 Å². The third kappa shape index (κ3) is 0.535. The molecule has 0 amide bonds. The Morgan fingerprint density at radius 3 is 1.62 bits per heavy atom. The lowest BCUT2D eigenvalue weighted by Gasteiger charge is -1.97. The lowest BCUT2D eigenvalue weighted by atomic mass is 10.4. The quantitative estimate of drug-likeness (QED) is 0.225. The highest BCUT2D eigenvalue weighted by Crippen LogP contribution is 2.40. The maximum absolute atomic E-state index is 8.49. The summed E-state index contributed by atoms with van der Waals surface area (Å²) in [5, 5.41) is 33.1. The third-order valence-corrected chi connectivity index (χ3v) is 0.993. The monoisotopic (exact) mass is 122 g/mol. The van der Waals surface area contributed by atoms with Crippen molar-refractivity contribution in [3.63, 3.8) is 0 Å². The molecule has 0 spiro atoms. The zero-order chi connectivity index (χ0) is 6.41. The molecule has 1 aliphatic rings. The lowest BCUT2D eigenvalue weighted by molar-refractivity contribution is -0.163. The van der Waals surface area contributed by atoms with Crippen LogP contribution in [0.2, 0.25) is 0 Å². The molecule has 1 aliphatic heterocycles. The van der Waals surface area contributed by atoms with Gasteiger partial charge in [0.15, 0.2) is 0 Å². The average Bonchev–Trinajstić information content (AvgIpc) is 2.10. The molecule has 5 nitrogen and oxygen atoms in total. The van der Waals surface area contributed by atoms with E-state index in [-0.39, 0.29) is 0 Å². The van der Waals surface area contributed by atoms with E-state index in [0.29, 0.717) is 0 Å². The van der Waals surface area contributed by atoms with E-state index in [1.165, 1.54) is 0 Å². The summed E-state index contributed by atoms with van der Waals surface area (Å²) in [5.41, 5.74) is 0. The molecule has 5 heteroatoms. The van der Waals surface area contributed by atoms with Crippen molar-refractivity contribution in [3.8, 4) is 0 Å². The largest absolute Gasteiger partial charge is 0.390 e. The first kappa shape index (κ1) is 5.93. The van der Waals surface area contributed by atoms with Gasteiger partial charge in [0.2, 0.25) is 0 Å². The van der Waals surface area contributed by atoms with Crippen LogP contribution in [0.15, 0.2) is 0 Å². The van der Waals surface area contributed by atoms with Crippen molar-refractivity contribution >= 4 is 0 Å². The summed E-state index contributed by atoms with van der Waals surface area (Å²) in [7, 11) is 0. The van der Waals surface area contributed by atoms with Gasteiger partial charge < -0.3 is 20.4 Å². The molecule has 0 radical (unpaired) electrons. The Kier molecular flexibility index (Phi) is 0.890. The number of epoxide rings is 1. The molecule has 0 aliphatic carbocycles. The van der Waals surface area contributed by atoms with Gasteiger partial charge in [-0.1, -0.05) is 0 Å². The summed E-state index contributed by atoms with van der Waals surface area (Å²) in [4.78, 5) is 0. The van der Waals surface area contributed by atoms with Crippen molar-refractivity contribution in [1.82, 2.24) is 0 Å². The van der Waals surface area contributed by atoms with Crippen LogP contribution in [0.1, 0.15) is 0 Å². The van der Waals surface area contributed by atoms with Gasteiger partial charge in [-0.2, -0.15) is 0 Å². The minimum atomic E-state index is -2.54. The Labute approximate surface area is 44.8 Å². The van der Waals surface area contributed by atoms with Crippen LogP contribution in [-0.4, -0.2) is 38.8 Å². The molecular weight excluding hydrogens is 116 g/mol. The van der Waals surface area contributed by atoms with Crippen molar-refractivity contribution in [1.29, 1.82) is 0 Å². The normalized spacial score (nSPS) is 42.0. The van der Waals surface area contributed by atoms with E-state index in [1.54, 1.807) is 0 Å². The molecule has 1 rings (SSSR count). The number of aliphatic hydroxyl groups excluding tert-OH is 1. The van der Waals surface area contributed by atoms with Gasteiger partial charge in [-0.25, -0.2) is 0 Å². The number of ether oxygens (including phenoxy) is 1. The highest BCUT2D eigenvalue weighted by Gasteiger charge is 2.70. The Balaban J connectivity index is 2.55. The fourth-order valence-corrected chi connectivity index (χ4v) is 0.345. The molecule has 0 bridgehead atoms. The zero-order valence-electron chi connectivity index (χ0n) is 3.90. The Morgan fingerprint density at radius 2 is 1.62 bits per heavy atom. The third-order valence-electron chi connectivity index (χ3n) is 0.993. The highest BCUT2D eigenvalue weighted by molar-refractivity contribution is 4.90. The van der Waals surface area contributed by atoms with Crippen LogP contribution in [0.5, 0.6) is 0 Å². The van der Waals surface area contributed by atoms with Crippen LogP contribution >= 0.6 is 0 Å². The Morgan fingerprint density at radius 1 is 1.25 bits per heavy atom. The van der Waals surface area contributed by atoms with E-state index in [2.05, 4.69) is 4.74 Å². The minimum absolute atomic E-state index is 0.819. The number of hydrogen-bond donors (Lipinski definition) is 4. The average molecular weight is 122 g/mol. The smallest absolute Gasteiger partial charge is 0.340 e. The van der Waals surface area contributed by atoms with Crippen molar-refractivity contribution in [2.75, 3.05) is 6.61 Å². The van der Waals surface area contributed by atoms with Crippen molar-refractivity contribution < 1.29 is 25.2 Å². The molecule has 1 atom stereocenters. The van der Waals surface area contributed by atoms with Gasteiger partial charge in [0.25, 0.3) is 5.79 Å². The van der Waals surface area contributed by atoms with Crippen LogP contribution in [0.4, 0.5) is 0 Å². The van der Waals surface area contributed by atoms with Crippen molar-refractivity contribution in [2.45, 2.75) is 11.8 Å². The van der Waals surface area contributed by atoms with E-state index < -0.39 is 18.4 Å². The van der Waals surface area contributed by atoms with E-state index in [1.807, 2.05) is 0 Å². The van der Waals surface area contributed by atoms with Gasteiger partial charge in [0.05, 0.1) is 0 Å². The molecule has 1 unspecified atom stereocenters. The first-order valence-electron chi connectivity index (χ1n) is 2.00. The lowest BCUT2D eigenvalue weighted by Crippen LogP contribution is -2.28. The summed E-state index contributed by atoms with van der Waals surface area (Å²) in [6, 6.07) is 0. The predicted octanol–water partition coefficient (Wildman–Crippen LogP) is -2.66. The molecule has 0 aromatic rings. The van der Waals surface area contributed by atoms with Gasteiger partial charge in [-0.05, 0) is 0 Å². The van der Waals surface area contributed by atoms with Crippen LogP contribution in [-0.2, 0) is 4.74 Å². The number of hydrogen-bond acceptors (Lipinski definition) is 5. The van der Waals surface area contributed by atoms with E-state index in [0.717, 1.165) is 0 Å². The van der Waals surface area contributed by atoms with Crippen LogP contribution in [0, 0.1) is 0 Å². The first-order valence-corrected chi connectivity index (χ1v) is 2.00. The molecule has 48 valence electrons. The topological polar surface area (TPSA) is 93.5 Å². The van der Waals surface area contributed by atoms with Crippen LogP contribution < -0.4 is 0 Å². The van der Waals surface area contributed by atoms with Crippen molar-refractivity contribution in [2.24, 2.45) is 0 Å². The van der Waals surface area contributed by atoms with E-state index in [9.17, 15) is 0 Å². The predicted molar refractivity (Wildman–Crippen MR) is 20.3 cm³/mol. The van der Waals surface area contributed by atoms with Gasteiger partial charge in [0, 0.05) is 0 Å². The second-order valence-electron chi connectivity index (χ2n) is 1.65. The number of rotatable bonds is 1. The van der Waals surface area contributed by atoms with Gasteiger partial charge >= 0.3 is 5.97 Å². The molecule has 1 fully saturated rings. The van der Waals surface area contributed by atoms with Gasteiger partial charge in [-0.15, -0.1) is 0 Å².